The quantitative estimate of drug-likeness (QED) is 0.465. The minimum atomic E-state index is -4.69. The Balaban J connectivity index is 2.27. The molecule has 0 atom stereocenters. The van der Waals surface area contributed by atoms with Crippen LogP contribution in [0, 0.1) is 0 Å². The molecule has 0 heterocycles. The molecule has 0 radical (unpaired) electrons. The van der Waals surface area contributed by atoms with Gasteiger partial charge in [-0.15, -0.1) is 0 Å². The molecule has 2 rings (SSSR count). The Morgan fingerprint density at radius 2 is 1.33 bits per heavy atom. The number of alkyl halides is 6. The van der Waals surface area contributed by atoms with Crippen LogP contribution in [-0.4, -0.2) is 0 Å². The summed E-state index contributed by atoms with van der Waals surface area (Å²) in [5.74, 6) is 0. The summed E-state index contributed by atoms with van der Waals surface area (Å²) in [6.45, 7) is 0. The molecule has 2 nitrogen and oxygen atoms in total. The molecule has 10 heteroatoms. The highest BCUT2D eigenvalue weighted by Gasteiger charge is 2.34. The topological polar surface area (TPSA) is 24.1 Å². The standard InChI is InChI=1S/C14H8Cl2F6N2/c15-7-1-4-12(10(5-7)14(20,21)22)24-23-8-2-3-11(16)9(6-8)13(17,18)19/h1-6,23-24H. The minimum Gasteiger partial charge on any atom is -0.301 e. The molecule has 0 aliphatic rings. The van der Waals surface area contributed by atoms with Gasteiger partial charge in [-0.1, -0.05) is 23.2 Å². The molecule has 2 aromatic carbocycles. The van der Waals surface area contributed by atoms with E-state index in [-0.39, 0.29) is 10.7 Å². The van der Waals surface area contributed by atoms with Crippen molar-refractivity contribution in [2.75, 3.05) is 10.9 Å². The molecule has 0 fully saturated rings. The number of hydrazine groups is 1. The fourth-order valence-electron chi connectivity index (χ4n) is 1.82. The summed E-state index contributed by atoms with van der Waals surface area (Å²) in [5, 5.41) is -0.644. The number of rotatable bonds is 3. The molecule has 0 aliphatic carbocycles. The summed E-state index contributed by atoms with van der Waals surface area (Å²) in [4.78, 5) is 0. The van der Waals surface area contributed by atoms with Gasteiger partial charge in [-0.25, -0.2) is 0 Å². The first-order chi connectivity index (χ1) is 11.0. The molecule has 0 spiro atoms. The molecule has 0 amide bonds. The number of anilines is 2. The van der Waals surface area contributed by atoms with E-state index in [0.717, 1.165) is 12.1 Å². The highest BCUT2D eigenvalue weighted by molar-refractivity contribution is 6.31. The van der Waals surface area contributed by atoms with Gasteiger partial charge in [-0.2, -0.15) is 26.3 Å². The zero-order chi connectivity index (χ0) is 18.1. The maximum absolute atomic E-state index is 12.9. The molecule has 2 aromatic rings. The molecule has 24 heavy (non-hydrogen) atoms. The van der Waals surface area contributed by atoms with Gasteiger partial charge in [0.1, 0.15) is 0 Å². The third-order valence-electron chi connectivity index (χ3n) is 2.90. The van der Waals surface area contributed by atoms with Gasteiger partial charge in [0.25, 0.3) is 0 Å². The van der Waals surface area contributed by atoms with Gasteiger partial charge in [-0.3, -0.25) is 0 Å². The van der Waals surface area contributed by atoms with Crippen molar-refractivity contribution in [3.63, 3.8) is 0 Å². The second-order valence-electron chi connectivity index (χ2n) is 4.63. The Bertz CT molecular complexity index is 743. The lowest BCUT2D eigenvalue weighted by Crippen LogP contribution is -2.15. The van der Waals surface area contributed by atoms with Crippen molar-refractivity contribution in [3.8, 4) is 0 Å². The Kier molecular flexibility index (Phi) is 5.10. The average Bonchev–Trinajstić information content (AvgIpc) is 2.45. The average molecular weight is 389 g/mol. The van der Waals surface area contributed by atoms with Crippen molar-refractivity contribution in [2.24, 2.45) is 0 Å². The van der Waals surface area contributed by atoms with Gasteiger partial charge in [-0.05, 0) is 36.4 Å². The van der Waals surface area contributed by atoms with Crippen molar-refractivity contribution in [1.29, 1.82) is 0 Å². The lowest BCUT2D eigenvalue weighted by Gasteiger charge is -2.17. The summed E-state index contributed by atoms with van der Waals surface area (Å²) in [6.07, 6.45) is -9.38. The molecule has 130 valence electrons. The molecule has 0 aromatic heterocycles. The fraction of sp³-hybridized carbons (Fsp3) is 0.143. The third kappa shape index (κ3) is 4.39. The normalized spacial score (nSPS) is 12.2. The monoisotopic (exact) mass is 388 g/mol. The second kappa shape index (κ2) is 6.60. The van der Waals surface area contributed by atoms with Gasteiger partial charge < -0.3 is 10.9 Å². The van der Waals surface area contributed by atoms with Crippen LogP contribution in [0.3, 0.4) is 0 Å². The van der Waals surface area contributed by atoms with Crippen molar-refractivity contribution in [2.45, 2.75) is 12.4 Å². The zero-order valence-corrected chi connectivity index (χ0v) is 13.0. The SMILES string of the molecule is FC(F)(F)c1cc(NNc2ccc(Cl)cc2C(F)(F)F)ccc1Cl. The zero-order valence-electron chi connectivity index (χ0n) is 11.5. The van der Waals surface area contributed by atoms with E-state index in [0.29, 0.717) is 12.1 Å². The Hall–Kier alpha value is -1.80. The number of benzene rings is 2. The molecule has 0 bridgehead atoms. The van der Waals surface area contributed by atoms with Crippen molar-refractivity contribution < 1.29 is 26.3 Å². The number of hydrogen-bond acceptors (Lipinski definition) is 2. The number of hydrogen-bond donors (Lipinski definition) is 2. The largest absolute Gasteiger partial charge is 0.418 e. The Labute approximate surface area is 142 Å². The number of halogens is 8. The Morgan fingerprint density at radius 1 is 0.708 bits per heavy atom. The van der Waals surface area contributed by atoms with Crippen molar-refractivity contribution in [3.05, 3.63) is 57.6 Å². The van der Waals surface area contributed by atoms with Crippen molar-refractivity contribution in [1.82, 2.24) is 0 Å². The van der Waals surface area contributed by atoms with Crippen LogP contribution in [0.4, 0.5) is 37.7 Å². The van der Waals surface area contributed by atoms with E-state index in [4.69, 9.17) is 23.2 Å². The van der Waals surface area contributed by atoms with Gasteiger partial charge in [0, 0.05) is 5.02 Å². The second-order valence-corrected chi connectivity index (χ2v) is 5.47. The molecule has 0 saturated carbocycles. The van der Waals surface area contributed by atoms with Crippen LogP contribution in [0.15, 0.2) is 36.4 Å². The summed E-state index contributed by atoms with van der Waals surface area (Å²) >= 11 is 11.0. The lowest BCUT2D eigenvalue weighted by molar-refractivity contribution is -0.138. The van der Waals surface area contributed by atoms with E-state index >= 15 is 0 Å². The fourth-order valence-corrected chi connectivity index (χ4v) is 2.22. The maximum atomic E-state index is 12.9. The molecule has 2 N–H and O–H groups in total. The summed E-state index contributed by atoms with van der Waals surface area (Å²) in [6, 6.07) is 5.82. The van der Waals surface area contributed by atoms with E-state index in [1.54, 1.807) is 0 Å². The highest BCUT2D eigenvalue weighted by atomic mass is 35.5. The van der Waals surface area contributed by atoms with Crippen LogP contribution in [-0.2, 0) is 12.4 Å². The first kappa shape index (κ1) is 18.5. The lowest BCUT2D eigenvalue weighted by atomic mass is 10.1. The van der Waals surface area contributed by atoms with Crippen LogP contribution in [0.5, 0.6) is 0 Å². The van der Waals surface area contributed by atoms with Crippen LogP contribution in [0.25, 0.3) is 0 Å². The third-order valence-corrected chi connectivity index (χ3v) is 3.46. The number of nitrogens with one attached hydrogen (secondary N) is 2. The molecular formula is C14H8Cl2F6N2. The summed E-state index contributed by atoms with van der Waals surface area (Å²) < 4.78 is 77.1. The van der Waals surface area contributed by atoms with E-state index in [1.165, 1.54) is 12.1 Å². The van der Waals surface area contributed by atoms with Gasteiger partial charge in [0.05, 0.1) is 27.5 Å². The maximum Gasteiger partial charge on any atom is 0.418 e. The molecule has 0 aliphatic heterocycles. The van der Waals surface area contributed by atoms with Gasteiger partial charge >= 0.3 is 12.4 Å². The first-order valence-electron chi connectivity index (χ1n) is 6.24. The van der Waals surface area contributed by atoms with Crippen LogP contribution in [0.2, 0.25) is 10.0 Å². The van der Waals surface area contributed by atoms with Crippen molar-refractivity contribution >= 4 is 34.6 Å². The van der Waals surface area contributed by atoms with E-state index in [2.05, 4.69) is 10.9 Å². The van der Waals surface area contributed by atoms with Gasteiger partial charge in [0.15, 0.2) is 0 Å². The first-order valence-corrected chi connectivity index (χ1v) is 6.99. The molecule has 0 unspecified atom stereocenters. The van der Waals surface area contributed by atoms with Crippen LogP contribution >= 0.6 is 23.2 Å². The smallest absolute Gasteiger partial charge is 0.301 e. The summed E-state index contributed by atoms with van der Waals surface area (Å²) in [7, 11) is 0. The highest BCUT2D eigenvalue weighted by Crippen LogP contribution is 2.38. The van der Waals surface area contributed by atoms with Crippen LogP contribution < -0.4 is 10.9 Å². The predicted molar refractivity (Wildman–Crippen MR) is 80.2 cm³/mol. The molecular weight excluding hydrogens is 381 g/mol. The van der Waals surface area contributed by atoms with E-state index < -0.39 is 34.2 Å². The van der Waals surface area contributed by atoms with E-state index in [9.17, 15) is 26.3 Å². The predicted octanol–water partition coefficient (Wildman–Crippen LogP) is 6.47. The van der Waals surface area contributed by atoms with Crippen LogP contribution in [0.1, 0.15) is 11.1 Å². The minimum absolute atomic E-state index is 0.116. The molecule has 0 saturated heterocycles. The Morgan fingerprint density at radius 3 is 1.92 bits per heavy atom. The summed E-state index contributed by atoms with van der Waals surface area (Å²) in [5.41, 5.74) is 1.82. The van der Waals surface area contributed by atoms with Gasteiger partial charge in [0.2, 0.25) is 0 Å². The van der Waals surface area contributed by atoms with E-state index in [1.807, 2.05) is 0 Å².